The van der Waals surface area contributed by atoms with Crippen LogP contribution in [0, 0.1) is 0 Å². The minimum atomic E-state index is -1.39. The molecule has 22 heavy (non-hydrogen) atoms. The standard InChI is InChI=1S/C18H18O3S/c1-14(13-21-15(2)19)22(20)18(16-9-5-3-6-10-16)17-11-7-4-8-12-17/h3-12,18H,1,13H2,2H3. The summed E-state index contributed by atoms with van der Waals surface area (Å²) in [6, 6.07) is 19.3. The molecular weight excluding hydrogens is 296 g/mol. The SMILES string of the molecule is C=C(COC(C)=O)[S+]([O-])C(c1ccccc1)c1ccccc1. The van der Waals surface area contributed by atoms with E-state index in [4.69, 9.17) is 4.74 Å². The number of esters is 1. The fourth-order valence-electron chi connectivity index (χ4n) is 2.10. The van der Waals surface area contributed by atoms with Crippen LogP contribution in [0.5, 0.6) is 0 Å². The van der Waals surface area contributed by atoms with Crippen LogP contribution in [0.15, 0.2) is 72.1 Å². The predicted octanol–water partition coefficient (Wildman–Crippen LogP) is 3.60. The summed E-state index contributed by atoms with van der Waals surface area (Å²) in [5.74, 6) is -0.408. The van der Waals surface area contributed by atoms with Crippen LogP contribution in [-0.4, -0.2) is 17.1 Å². The summed E-state index contributed by atoms with van der Waals surface area (Å²) in [6.45, 7) is 5.11. The molecule has 0 heterocycles. The van der Waals surface area contributed by atoms with E-state index < -0.39 is 17.1 Å². The van der Waals surface area contributed by atoms with E-state index in [1.807, 2.05) is 60.7 Å². The van der Waals surface area contributed by atoms with Gasteiger partial charge in [-0.15, -0.1) is 0 Å². The zero-order valence-corrected chi connectivity index (χ0v) is 13.2. The molecular formula is C18H18O3S. The van der Waals surface area contributed by atoms with Crippen molar-refractivity contribution in [2.24, 2.45) is 0 Å². The zero-order chi connectivity index (χ0) is 15.9. The van der Waals surface area contributed by atoms with Gasteiger partial charge in [-0.3, -0.25) is 4.79 Å². The van der Waals surface area contributed by atoms with Gasteiger partial charge in [0.25, 0.3) is 0 Å². The number of rotatable bonds is 6. The van der Waals surface area contributed by atoms with E-state index in [2.05, 4.69) is 6.58 Å². The third-order valence-corrected chi connectivity index (χ3v) is 4.80. The van der Waals surface area contributed by atoms with Crippen molar-refractivity contribution in [1.29, 1.82) is 0 Å². The van der Waals surface area contributed by atoms with Gasteiger partial charge in [0.2, 0.25) is 0 Å². The molecule has 0 saturated heterocycles. The number of hydrogen-bond acceptors (Lipinski definition) is 3. The Balaban J connectivity index is 2.29. The lowest BCUT2D eigenvalue weighted by molar-refractivity contribution is -0.139. The smallest absolute Gasteiger partial charge is 0.303 e. The van der Waals surface area contributed by atoms with Crippen molar-refractivity contribution in [2.45, 2.75) is 12.2 Å². The number of carbonyl (C=O) groups excluding carboxylic acids is 1. The van der Waals surface area contributed by atoms with E-state index in [0.717, 1.165) is 11.1 Å². The largest absolute Gasteiger partial charge is 0.611 e. The fraction of sp³-hybridized carbons (Fsp3) is 0.167. The summed E-state index contributed by atoms with van der Waals surface area (Å²) < 4.78 is 17.8. The van der Waals surface area contributed by atoms with Crippen molar-refractivity contribution in [1.82, 2.24) is 0 Å². The lowest BCUT2D eigenvalue weighted by Crippen LogP contribution is -2.19. The molecule has 0 spiro atoms. The predicted molar refractivity (Wildman–Crippen MR) is 88.6 cm³/mol. The topological polar surface area (TPSA) is 49.4 Å². The van der Waals surface area contributed by atoms with Crippen LogP contribution in [0.3, 0.4) is 0 Å². The van der Waals surface area contributed by atoms with E-state index in [9.17, 15) is 9.35 Å². The third kappa shape index (κ3) is 4.23. The summed E-state index contributed by atoms with van der Waals surface area (Å²) in [7, 11) is 0. The van der Waals surface area contributed by atoms with Crippen molar-refractivity contribution >= 4 is 17.1 Å². The summed E-state index contributed by atoms with van der Waals surface area (Å²) in [5.41, 5.74) is 1.88. The van der Waals surface area contributed by atoms with E-state index in [1.165, 1.54) is 6.92 Å². The Hall–Kier alpha value is -2.04. The highest BCUT2D eigenvalue weighted by Crippen LogP contribution is 2.33. The maximum Gasteiger partial charge on any atom is 0.303 e. The van der Waals surface area contributed by atoms with E-state index in [0.29, 0.717) is 4.91 Å². The van der Waals surface area contributed by atoms with Gasteiger partial charge >= 0.3 is 5.97 Å². The van der Waals surface area contributed by atoms with Gasteiger partial charge in [0.1, 0.15) is 0 Å². The van der Waals surface area contributed by atoms with Gasteiger partial charge in [-0.2, -0.15) is 0 Å². The Kier molecular flexibility index (Phi) is 5.81. The first kappa shape index (κ1) is 16.3. The van der Waals surface area contributed by atoms with Crippen molar-refractivity contribution < 1.29 is 14.1 Å². The summed E-state index contributed by atoms with van der Waals surface area (Å²) in [5, 5.41) is -0.328. The van der Waals surface area contributed by atoms with Crippen molar-refractivity contribution in [3.8, 4) is 0 Å². The molecule has 1 unspecified atom stereocenters. The molecule has 2 aromatic rings. The van der Waals surface area contributed by atoms with Crippen LogP contribution in [0.4, 0.5) is 0 Å². The first-order valence-corrected chi connectivity index (χ1v) is 8.12. The minimum absolute atomic E-state index is 0.0297. The Morgan fingerprint density at radius 1 is 1.09 bits per heavy atom. The molecule has 2 rings (SSSR count). The lowest BCUT2D eigenvalue weighted by atomic mass is 10.0. The Morgan fingerprint density at radius 3 is 1.95 bits per heavy atom. The Bertz CT molecular complexity index is 586. The van der Waals surface area contributed by atoms with Gasteiger partial charge < -0.3 is 9.29 Å². The molecule has 0 aliphatic carbocycles. The van der Waals surface area contributed by atoms with E-state index >= 15 is 0 Å². The first-order valence-electron chi connectivity index (χ1n) is 6.91. The van der Waals surface area contributed by atoms with Crippen molar-refractivity contribution in [2.75, 3.05) is 6.61 Å². The van der Waals surface area contributed by atoms with Crippen LogP contribution in [0.1, 0.15) is 23.3 Å². The molecule has 1 atom stereocenters. The third-order valence-electron chi connectivity index (χ3n) is 3.14. The normalized spacial score (nSPS) is 12.0. The summed E-state index contributed by atoms with van der Waals surface area (Å²) >= 11 is -1.39. The molecule has 0 bridgehead atoms. The van der Waals surface area contributed by atoms with Crippen LogP contribution in [0.25, 0.3) is 0 Å². The molecule has 0 saturated carbocycles. The second-order valence-corrected chi connectivity index (χ2v) is 6.46. The first-order chi connectivity index (χ1) is 10.6. The van der Waals surface area contributed by atoms with E-state index in [1.54, 1.807) is 0 Å². The van der Waals surface area contributed by atoms with Gasteiger partial charge in [-0.05, 0) is 17.8 Å². The Morgan fingerprint density at radius 2 is 1.55 bits per heavy atom. The highest BCUT2D eigenvalue weighted by molar-refractivity contribution is 7.95. The molecule has 0 aliphatic heterocycles. The van der Waals surface area contributed by atoms with Crippen LogP contribution in [-0.2, 0) is 20.7 Å². The maximum absolute atomic E-state index is 12.9. The van der Waals surface area contributed by atoms with E-state index in [-0.39, 0.29) is 11.9 Å². The van der Waals surface area contributed by atoms with Crippen LogP contribution in [0.2, 0.25) is 0 Å². The summed E-state index contributed by atoms with van der Waals surface area (Å²) in [6.07, 6.45) is 0. The van der Waals surface area contributed by atoms with Crippen LogP contribution < -0.4 is 0 Å². The molecule has 0 amide bonds. The monoisotopic (exact) mass is 314 g/mol. The Labute approximate surface area is 133 Å². The molecule has 0 aliphatic rings. The number of hydrogen-bond donors (Lipinski definition) is 0. The molecule has 4 heteroatoms. The zero-order valence-electron chi connectivity index (χ0n) is 12.4. The second kappa shape index (κ2) is 7.82. The van der Waals surface area contributed by atoms with Crippen molar-refractivity contribution in [3.63, 3.8) is 0 Å². The van der Waals surface area contributed by atoms with Gasteiger partial charge in [0.15, 0.2) is 16.8 Å². The quantitative estimate of drug-likeness (QED) is 0.604. The molecule has 3 nitrogen and oxygen atoms in total. The molecule has 114 valence electrons. The second-order valence-electron chi connectivity index (χ2n) is 4.82. The highest BCUT2D eigenvalue weighted by Gasteiger charge is 2.29. The summed E-state index contributed by atoms with van der Waals surface area (Å²) in [4.78, 5) is 11.3. The average Bonchev–Trinajstić information content (AvgIpc) is 2.54. The van der Waals surface area contributed by atoms with Gasteiger partial charge in [-0.25, -0.2) is 0 Å². The molecule has 0 radical (unpaired) electrons. The molecule has 0 fully saturated rings. The van der Waals surface area contributed by atoms with Gasteiger partial charge in [-0.1, -0.05) is 60.7 Å². The van der Waals surface area contributed by atoms with Crippen molar-refractivity contribution in [3.05, 3.63) is 83.3 Å². The highest BCUT2D eigenvalue weighted by atomic mass is 32.2. The molecule has 2 aromatic carbocycles. The number of ether oxygens (including phenoxy) is 1. The fourth-order valence-corrected chi connectivity index (χ4v) is 3.42. The van der Waals surface area contributed by atoms with Gasteiger partial charge in [0, 0.05) is 18.1 Å². The minimum Gasteiger partial charge on any atom is -0.611 e. The molecule has 0 N–H and O–H groups in total. The molecule has 0 aromatic heterocycles. The van der Waals surface area contributed by atoms with Gasteiger partial charge in [0.05, 0.1) is 0 Å². The number of carbonyl (C=O) groups is 1. The van der Waals surface area contributed by atoms with Crippen LogP contribution >= 0.6 is 0 Å². The lowest BCUT2D eigenvalue weighted by Gasteiger charge is -2.23. The maximum atomic E-state index is 12.9. The average molecular weight is 314 g/mol. The number of benzene rings is 2.